The van der Waals surface area contributed by atoms with E-state index in [2.05, 4.69) is 35.5 Å². The molecule has 0 aromatic carbocycles. The van der Waals surface area contributed by atoms with E-state index in [1.165, 1.54) is 32.1 Å². The van der Waals surface area contributed by atoms with E-state index in [0.717, 1.165) is 23.4 Å². The molecule has 0 saturated carbocycles. The zero-order valence-corrected chi connectivity index (χ0v) is 12.1. The van der Waals surface area contributed by atoms with E-state index in [-0.39, 0.29) is 0 Å². The first-order valence-corrected chi connectivity index (χ1v) is 7.27. The van der Waals surface area contributed by atoms with Crippen molar-refractivity contribution in [3.8, 4) is 0 Å². The van der Waals surface area contributed by atoms with Crippen LogP contribution < -0.4 is 0 Å². The fourth-order valence-corrected chi connectivity index (χ4v) is 2.52. The normalized spacial score (nSPS) is 12.9. The van der Waals surface area contributed by atoms with Gasteiger partial charge in [-0.25, -0.2) is 0 Å². The highest BCUT2D eigenvalue weighted by Gasteiger charge is 2.11. The molecule has 17 heavy (non-hydrogen) atoms. The Kier molecular flexibility index (Phi) is 6.48. The topological polar surface area (TPSA) is 33.6 Å². The van der Waals surface area contributed by atoms with Gasteiger partial charge in [0.05, 0.1) is 0 Å². The number of rotatable bonds is 8. The fraction of sp³-hybridized carbons (Fsp3) is 0.846. The molecular formula is C13H25N3S. The second-order valence-electron chi connectivity index (χ2n) is 4.76. The summed E-state index contributed by atoms with van der Waals surface area (Å²) >= 11 is 5.31. The number of aromatic nitrogens is 3. The average molecular weight is 255 g/mol. The van der Waals surface area contributed by atoms with Crippen LogP contribution in [0.4, 0.5) is 0 Å². The first-order chi connectivity index (χ1) is 8.20. The van der Waals surface area contributed by atoms with Crippen LogP contribution in [0.5, 0.6) is 0 Å². The lowest BCUT2D eigenvalue weighted by atomic mass is 10.1. The lowest BCUT2D eigenvalue weighted by Crippen LogP contribution is -2.09. The van der Waals surface area contributed by atoms with Crippen LogP contribution in [0.1, 0.15) is 71.2 Å². The molecule has 3 nitrogen and oxygen atoms in total. The number of H-pyrrole nitrogens is 1. The van der Waals surface area contributed by atoms with Gasteiger partial charge >= 0.3 is 0 Å². The van der Waals surface area contributed by atoms with E-state index in [1.807, 2.05) is 0 Å². The standard InChI is InChI=1S/C13H25N3S/c1-4-6-7-8-10-11(3)16-12(9-5-2)14-15-13(16)17/h11H,4-10H2,1-3H3,(H,15,17). The number of aryl methyl sites for hydroxylation is 1. The molecule has 98 valence electrons. The lowest BCUT2D eigenvalue weighted by Gasteiger charge is -2.15. The molecular weight excluding hydrogens is 230 g/mol. The van der Waals surface area contributed by atoms with Crippen molar-refractivity contribution in [2.75, 3.05) is 0 Å². The predicted octanol–water partition coefficient (Wildman–Crippen LogP) is 4.42. The second-order valence-corrected chi connectivity index (χ2v) is 5.15. The van der Waals surface area contributed by atoms with Crippen molar-refractivity contribution >= 4 is 12.2 Å². The largest absolute Gasteiger partial charge is 0.301 e. The van der Waals surface area contributed by atoms with Gasteiger partial charge in [0, 0.05) is 12.5 Å². The summed E-state index contributed by atoms with van der Waals surface area (Å²) in [5.41, 5.74) is 0. The molecule has 4 heteroatoms. The molecule has 1 heterocycles. The number of hydrogen-bond donors (Lipinski definition) is 1. The Bertz CT molecular complexity index is 367. The Labute approximate surface area is 110 Å². The Balaban J connectivity index is 2.57. The van der Waals surface area contributed by atoms with Gasteiger partial charge in [0.1, 0.15) is 5.82 Å². The zero-order chi connectivity index (χ0) is 12.7. The van der Waals surface area contributed by atoms with Crippen LogP contribution in [-0.2, 0) is 6.42 Å². The minimum Gasteiger partial charge on any atom is -0.301 e. The van der Waals surface area contributed by atoms with Crippen LogP contribution >= 0.6 is 12.2 Å². The van der Waals surface area contributed by atoms with Crippen molar-refractivity contribution in [2.24, 2.45) is 0 Å². The molecule has 0 aliphatic heterocycles. The molecule has 1 aromatic heterocycles. The van der Waals surface area contributed by atoms with Gasteiger partial charge in [0.25, 0.3) is 0 Å². The van der Waals surface area contributed by atoms with Gasteiger partial charge in [-0.3, -0.25) is 5.10 Å². The van der Waals surface area contributed by atoms with Gasteiger partial charge in [0.15, 0.2) is 4.77 Å². The summed E-state index contributed by atoms with van der Waals surface area (Å²) in [5.74, 6) is 1.11. The number of nitrogens with zero attached hydrogens (tertiary/aromatic N) is 2. The van der Waals surface area contributed by atoms with Gasteiger partial charge in [-0.2, -0.15) is 5.10 Å². The average Bonchev–Trinajstić information content (AvgIpc) is 2.66. The molecule has 0 saturated heterocycles. The molecule has 0 radical (unpaired) electrons. The van der Waals surface area contributed by atoms with Gasteiger partial charge < -0.3 is 4.57 Å². The molecule has 0 fully saturated rings. The van der Waals surface area contributed by atoms with Crippen LogP contribution in [0.3, 0.4) is 0 Å². The van der Waals surface area contributed by atoms with E-state index >= 15 is 0 Å². The fourth-order valence-electron chi connectivity index (χ4n) is 2.19. The third kappa shape index (κ3) is 4.26. The molecule has 1 unspecified atom stereocenters. The third-order valence-corrected chi connectivity index (χ3v) is 3.46. The molecule has 0 bridgehead atoms. The van der Waals surface area contributed by atoms with Crippen LogP contribution in [-0.4, -0.2) is 14.8 Å². The number of nitrogens with one attached hydrogen (secondary N) is 1. The Morgan fingerprint density at radius 2 is 2.00 bits per heavy atom. The SMILES string of the molecule is CCCCCCC(C)n1c(CCC)n[nH]c1=S. The Hall–Kier alpha value is -0.640. The molecule has 0 aliphatic carbocycles. The van der Waals surface area contributed by atoms with Crippen molar-refractivity contribution < 1.29 is 0 Å². The first kappa shape index (κ1) is 14.4. The van der Waals surface area contributed by atoms with E-state index in [9.17, 15) is 0 Å². The maximum Gasteiger partial charge on any atom is 0.195 e. The van der Waals surface area contributed by atoms with Crippen LogP contribution in [0.15, 0.2) is 0 Å². The van der Waals surface area contributed by atoms with E-state index in [0.29, 0.717) is 6.04 Å². The van der Waals surface area contributed by atoms with Gasteiger partial charge in [-0.05, 0) is 32.0 Å². The summed E-state index contributed by atoms with van der Waals surface area (Å²) in [4.78, 5) is 0. The minimum atomic E-state index is 0.472. The maximum atomic E-state index is 5.31. The minimum absolute atomic E-state index is 0.472. The van der Waals surface area contributed by atoms with Crippen LogP contribution in [0.2, 0.25) is 0 Å². The van der Waals surface area contributed by atoms with Crippen molar-refractivity contribution in [3.63, 3.8) is 0 Å². The molecule has 0 aliphatic rings. The number of unbranched alkanes of at least 4 members (excludes halogenated alkanes) is 3. The van der Waals surface area contributed by atoms with Crippen molar-refractivity contribution in [2.45, 2.75) is 71.8 Å². The molecule has 0 amide bonds. The zero-order valence-electron chi connectivity index (χ0n) is 11.3. The highest BCUT2D eigenvalue weighted by Crippen LogP contribution is 2.18. The van der Waals surface area contributed by atoms with Gasteiger partial charge in [0.2, 0.25) is 0 Å². The van der Waals surface area contributed by atoms with Crippen molar-refractivity contribution in [1.29, 1.82) is 0 Å². The van der Waals surface area contributed by atoms with Gasteiger partial charge in [-0.1, -0.05) is 39.5 Å². The summed E-state index contributed by atoms with van der Waals surface area (Å²) in [6, 6.07) is 0.472. The highest BCUT2D eigenvalue weighted by molar-refractivity contribution is 7.71. The van der Waals surface area contributed by atoms with E-state index in [4.69, 9.17) is 12.2 Å². The van der Waals surface area contributed by atoms with Gasteiger partial charge in [-0.15, -0.1) is 0 Å². The summed E-state index contributed by atoms with van der Waals surface area (Å²) < 4.78 is 2.97. The van der Waals surface area contributed by atoms with Crippen LogP contribution in [0.25, 0.3) is 0 Å². The van der Waals surface area contributed by atoms with Crippen molar-refractivity contribution in [1.82, 2.24) is 14.8 Å². The number of aromatic amines is 1. The third-order valence-electron chi connectivity index (χ3n) is 3.17. The first-order valence-electron chi connectivity index (χ1n) is 6.86. The summed E-state index contributed by atoms with van der Waals surface area (Å²) in [6.45, 7) is 6.67. The molecule has 1 atom stereocenters. The van der Waals surface area contributed by atoms with E-state index < -0.39 is 0 Å². The molecule has 0 spiro atoms. The molecule has 1 rings (SSSR count). The molecule has 1 aromatic rings. The maximum absolute atomic E-state index is 5.31. The number of hydrogen-bond acceptors (Lipinski definition) is 2. The predicted molar refractivity (Wildman–Crippen MR) is 74.9 cm³/mol. The highest BCUT2D eigenvalue weighted by atomic mass is 32.1. The Morgan fingerprint density at radius 1 is 1.24 bits per heavy atom. The van der Waals surface area contributed by atoms with Crippen LogP contribution in [0, 0.1) is 4.77 Å². The lowest BCUT2D eigenvalue weighted by molar-refractivity contribution is 0.453. The summed E-state index contributed by atoms with van der Waals surface area (Å²) in [6.07, 6.45) is 8.56. The monoisotopic (exact) mass is 255 g/mol. The smallest absolute Gasteiger partial charge is 0.195 e. The molecule has 1 N–H and O–H groups in total. The van der Waals surface area contributed by atoms with Crippen molar-refractivity contribution in [3.05, 3.63) is 10.6 Å². The summed E-state index contributed by atoms with van der Waals surface area (Å²) in [5, 5.41) is 7.24. The summed E-state index contributed by atoms with van der Waals surface area (Å²) in [7, 11) is 0. The second kappa shape index (κ2) is 7.64. The van der Waals surface area contributed by atoms with E-state index in [1.54, 1.807) is 0 Å². The quantitative estimate of drug-likeness (QED) is 0.551. The Morgan fingerprint density at radius 3 is 2.65 bits per heavy atom.